The molecule has 2 fully saturated rings. The summed E-state index contributed by atoms with van der Waals surface area (Å²) in [6.07, 6.45) is 1.92. The number of hydrogen-bond donors (Lipinski definition) is 2. The highest BCUT2D eigenvalue weighted by atomic mass is 32.2. The van der Waals surface area contributed by atoms with Crippen molar-refractivity contribution >= 4 is 38.6 Å². The second-order valence-corrected chi connectivity index (χ2v) is 10.6. The molecule has 1 saturated carbocycles. The van der Waals surface area contributed by atoms with Crippen LogP contribution >= 0.6 is 11.3 Å². The van der Waals surface area contributed by atoms with Crippen LogP contribution in [0.15, 0.2) is 27.2 Å². The fourth-order valence-corrected chi connectivity index (χ4v) is 6.31. The van der Waals surface area contributed by atoms with E-state index in [0.29, 0.717) is 22.7 Å². The van der Waals surface area contributed by atoms with E-state index in [4.69, 9.17) is 0 Å². The van der Waals surface area contributed by atoms with Crippen molar-refractivity contribution in [1.82, 2.24) is 14.2 Å². The van der Waals surface area contributed by atoms with Gasteiger partial charge in [0.2, 0.25) is 0 Å². The summed E-state index contributed by atoms with van der Waals surface area (Å²) >= 11 is 0.642. The number of carbonyl (C=O) groups is 1. The number of carbonyl (C=O) groups excluding carboxylic acids is 1. The minimum Gasteiger partial charge on any atom is -0.377 e. The molecule has 166 valence electrons. The molecule has 1 saturated heterocycles. The molecule has 13 heteroatoms. The van der Waals surface area contributed by atoms with E-state index in [1.165, 1.54) is 22.2 Å². The largest absolute Gasteiger partial charge is 0.377 e. The first-order valence-corrected chi connectivity index (χ1v) is 12.0. The Morgan fingerprint density at radius 3 is 2.48 bits per heavy atom. The van der Waals surface area contributed by atoms with E-state index in [0.717, 1.165) is 12.8 Å². The highest BCUT2D eigenvalue weighted by molar-refractivity contribution is 7.91. The van der Waals surface area contributed by atoms with Gasteiger partial charge in [0.05, 0.1) is 4.92 Å². The van der Waals surface area contributed by atoms with Crippen LogP contribution in [-0.2, 0) is 10.0 Å². The summed E-state index contributed by atoms with van der Waals surface area (Å²) < 4.78 is 26.8. The van der Waals surface area contributed by atoms with E-state index >= 15 is 0 Å². The Labute approximate surface area is 181 Å². The molecular weight excluding hydrogens is 446 g/mol. The van der Waals surface area contributed by atoms with E-state index in [2.05, 4.69) is 10.3 Å². The first kappa shape index (κ1) is 21.5. The van der Waals surface area contributed by atoms with Gasteiger partial charge in [0.1, 0.15) is 5.69 Å². The molecule has 0 spiro atoms. The number of thiazole rings is 1. The number of H-pyrrole nitrogens is 1. The summed E-state index contributed by atoms with van der Waals surface area (Å²) in [7, 11) is -3.83. The molecule has 0 bridgehead atoms. The molecule has 1 aliphatic carbocycles. The van der Waals surface area contributed by atoms with Gasteiger partial charge in [0.25, 0.3) is 21.6 Å². The summed E-state index contributed by atoms with van der Waals surface area (Å²) in [5.74, 6) is -0.388. The molecule has 1 aliphatic heterocycles. The number of amides is 1. The van der Waals surface area contributed by atoms with Crippen molar-refractivity contribution in [2.45, 2.75) is 30.0 Å². The number of nitro groups is 1. The Balaban J connectivity index is 1.47. The Morgan fingerprint density at radius 2 is 1.94 bits per heavy atom. The van der Waals surface area contributed by atoms with Crippen molar-refractivity contribution in [3.8, 4) is 0 Å². The molecule has 0 radical (unpaired) electrons. The van der Waals surface area contributed by atoms with Crippen LogP contribution in [0.2, 0.25) is 0 Å². The van der Waals surface area contributed by atoms with Crippen molar-refractivity contribution in [1.29, 1.82) is 0 Å². The fraction of sp³-hybridized carbons (Fsp3) is 0.444. The quantitative estimate of drug-likeness (QED) is 0.482. The lowest BCUT2D eigenvalue weighted by atomic mass is 10.1. The van der Waals surface area contributed by atoms with E-state index in [9.17, 15) is 28.1 Å². The van der Waals surface area contributed by atoms with Crippen molar-refractivity contribution in [3.05, 3.63) is 49.2 Å². The number of sulfonamides is 1. The average molecular weight is 468 g/mol. The van der Waals surface area contributed by atoms with Crippen LogP contribution in [0.5, 0.6) is 0 Å². The number of aryl methyl sites for hydroxylation is 1. The fourth-order valence-electron chi connectivity index (χ4n) is 3.45. The average Bonchev–Trinajstić information content (AvgIpc) is 3.48. The molecule has 1 aromatic carbocycles. The van der Waals surface area contributed by atoms with Crippen LogP contribution in [0, 0.1) is 17.0 Å². The molecule has 0 atom stereocenters. The highest BCUT2D eigenvalue weighted by Crippen LogP contribution is 2.32. The molecule has 2 heterocycles. The summed E-state index contributed by atoms with van der Waals surface area (Å²) in [5.41, 5.74) is 0.711. The molecule has 11 nitrogen and oxygen atoms in total. The normalized spacial score (nSPS) is 17.5. The highest BCUT2D eigenvalue weighted by Gasteiger charge is 2.33. The number of anilines is 1. The smallest absolute Gasteiger partial charge is 0.305 e. The minimum atomic E-state index is -3.83. The van der Waals surface area contributed by atoms with Gasteiger partial charge in [-0.15, -0.1) is 0 Å². The van der Waals surface area contributed by atoms with Crippen molar-refractivity contribution in [2.24, 2.45) is 0 Å². The van der Waals surface area contributed by atoms with Crippen molar-refractivity contribution in [3.63, 3.8) is 0 Å². The SMILES string of the molecule is Cc1[nH]c(=O)sc1S(=O)(=O)N1CCN(C(=O)c2ccc(NC3CC3)c([N+](=O)[O-])c2)CC1. The van der Waals surface area contributed by atoms with Gasteiger partial charge in [0, 0.05) is 49.5 Å². The molecule has 2 aliphatic rings. The zero-order valence-corrected chi connectivity index (χ0v) is 18.3. The third-order valence-electron chi connectivity index (χ3n) is 5.26. The maximum atomic E-state index is 12.9. The predicted octanol–water partition coefficient (Wildman–Crippen LogP) is 1.37. The minimum absolute atomic E-state index is 0.0216. The predicted molar refractivity (Wildman–Crippen MR) is 114 cm³/mol. The van der Waals surface area contributed by atoms with Crippen molar-refractivity contribution in [2.75, 3.05) is 31.5 Å². The Morgan fingerprint density at radius 1 is 1.26 bits per heavy atom. The molecule has 0 unspecified atom stereocenters. The number of aromatic amines is 1. The number of piperazine rings is 1. The summed E-state index contributed by atoms with van der Waals surface area (Å²) in [5, 5.41) is 14.5. The molecule has 1 aromatic heterocycles. The lowest BCUT2D eigenvalue weighted by Gasteiger charge is -2.33. The van der Waals surface area contributed by atoms with E-state index < -0.39 is 19.8 Å². The number of nitrogens with one attached hydrogen (secondary N) is 2. The van der Waals surface area contributed by atoms with Gasteiger partial charge >= 0.3 is 4.87 Å². The zero-order valence-electron chi connectivity index (χ0n) is 16.7. The number of aromatic nitrogens is 1. The summed E-state index contributed by atoms with van der Waals surface area (Å²) in [6.45, 7) is 1.96. The number of rotatable bonds is 6. The van der Waals surface area contributed by atoms with Gasteiger partial charge in [-0.2, -0.15) is 4.31 Å². The Hall–Kier alpha value is -2.77. The van der Waals surface area contributed by atoms with E-state index in [1.807, 2.05) is 0 Å². The van der Waals surface area contributed by atoms with Crippen LogP contribution in [0.3, 0.4) is 0 Å². The van der Waals surface area contributed by atoms with Crippen LogP contribution in [0.4, 0.5) is 11.4 Å². The van der Waals surface area contributed by atoms with Crippen LogP contribution in [-0.4, -0.2) is 65.7 Å². The van der Waals surface area contributed by atoms with Gasteiger partial charge in [-0.25, -0.2) is 8.42 Å². The summed E-state index contributed by atoms with van der Waals surface area (Å²) in [4.78, 5) is 38.8. The number of hydrogen-bond acceptors (Lipinski definition) is 8. The van der Waals surface area contributed by atoms with Gasteiger partial charge < -0.3 is 15.2 Å². The lowest BCUT2D eigenvalue weighted by Crippen LogP contribution is -2.50. The van der Waals surface area contributed by atoms with Gasteiger partial charge in [0.15, 0.2) is 4.21 Å². The second kappa shape index (κ2) is 8.05. The van der Waals surface area contributed by atoms with Gasteiger partial charge in [-0.3, -0.25) is 19.7 Å². The Bertz CT molecular complexity index is 1190. The molecule has 4 rings (SSSR count). The third-order valence-corrected chi connectivity index (χ3v) is 8.74. The first-order chi connectivity index (χ1) is 14.7. The summed E-state index contributed by atoms with van der Waals surface area (Å²) in [6, 6.07) is 4.58. The van der Waals surface area contributed by atoms with Crippen LogP contribution in [0.1, 0.15) is 28.9 Å². The van der Waals surface area contributed by atoms with Crippen LogP contribution in [0.25, 0.3) is 0 Å². The van der Waals surface area contributed by atoms with Crippen LogP contribution < -0.4 is 10.2 Å². The monoisotopic (exact) mass is 467 g/mol. The number of nitrogens with zero attached hydrogens (tertiary/aromatic N) is 3. The maximum absolute atomic E-state index is 12.9. The Kier molecular flexibility index (Phi) is 5.58. The number of nitro benzene ring substituents is 1. The van der Waals surface area contributed by atoms with Gasteiger partial charge in [-0.05, 0) is 31.9 Å². The maximum Gasteiger partial charge on any atom is 0.305 e. The first-order valence-electron chi connectivity index (χ1n) is 9.71. The van der Waals surface area contributed by atoms with Crippen molar-refractivity contribution < 1.29 is 18.1 Å². The van der Waals surface area contributed by atoms with E-state index in [1.54, 1.807) is 12.1 Å². The van der Waals surface area contributed by atoms with Gasteiger partial charge in [-0.1, -0.05) is 11.3 Å². The number of benzene rings is 1. The molecule has 1 amide bonds. The third kappa shape index (κ3) is 4.34. The molecule has 31 heavy (non-hydrogen) atoms. The molecule has 2 N–H and O–H groups in total. The molecular formula is C18H21N5O6S2. The lowest BCUT2D eigenvalue weighted by molar-refractivity contribution is -0.384. The molecule has 2 aromatic rings. The van der Waals surface area contributed by atoms with E-state index in [-0.39, 0.29) is 53.6 Å². The zero-order chi connectivity index (χ0) is 22.3. The second-order valence-electron chi connectivity index (χ2n) is 7.53. The topological polar surface area (TPSA) is 146 Å². The standard InChI is InChI=1S/C18H21N5O6S2/c1-11-17(30-18(25)19-11)31(28,29)22-8-6-21(7-9-22)16(24)12-2-5-14(20-13-3-4-13)15(10-12)23(26)27/h2,5,10,13,20H,3-4,6-9H2,1H3,(H,19,25).